The molecular weight excluding hydrogens is 422 g/mol. The Bertz CT molecular complexity index is 1130. The van der Waals surface area contributed by atoms with Crippen LogP contribution in [0.3, 0.4) is 0 Å². The maximum atomic E-state index is 13.9. The van der Waals surface area contributed by atoms with Gasteiger partial charge in [0.05, 0.1) is 19.9 Å². The molecule has 172 valence electrons. The van der Waals surface area contributed by atoms with Crippen LogP contribution in [0.4, 0.5) is 10.5 Å². The lowest BCUT2D eigenvalue weighted by Gasteiger charge is -2.48. The van der Waals surface area contributed by atoms with Gasteiger partial charge in [-0.2, -0.15) is 0 Å². The summed E-state index contributed by atoms with van der Waals surface area (Å²) in [6, 6.07) is 12.1. The Morgan fingerprint density at radius 1 is 1.03 bits per heavy atom. The number of anilines is 1. The van der Waals surface area contributed by atoms with Crippen LogP contribution in [0.25, 0.3) is 0 Å². The first-order valence-corrected chi connectivity index (χ1v) is 11.1. The topological polar surface area (TPSA) is 79.4 Å². The fourth-order valence-electron chi connectivity index (χ4n) is 5.65. The number of amides is 4. The van der Waals surface area contributed by atoms with Crippen molar-refractivity contribution in [2.24, 2.45) is 0 Å². The molecule has 2 saturated heterocycles. The first-order valence-electron chi connectivity index (χ1n) is 11.1. The Morgan fingerprint density at radius 3 is 2.39 bits per heavy atom. The number of nitrogens with zero attached hydrogens (tertiary/aromatic N) is 3. The van der Waals surface area contributed by atoms with Gasteiger partial charge in [0.1, 0.15) is 5.54 Å². The lowest BCUT2D eigenvalue weighted by Crippen LogP contribution is -2.59. The zero-order valence-corrected chi connectivity index (χ0v) is 19.0. The molecule has 2 aromatic rings. The summed E-state index contributed by atoms with van der Waals surface area (Å²) in [6.07, 6.45) is 1.63. The lowest BCUT2D eigenvalue weighted by atomic mass is 9.76. The van der Waals surface area contributed by atoms with E-state index in [1.807, 2.05) is 18.2 Å². The van der Waals surface area contributed by atoms with E-state index in [2.05, 4.69) is 4.90 Å². The van der Waals surface area contributed by atoms with Gasteiger partial charge in [0.15, 0.2) is 11.5 Å². The van der Waals surface area contributed by atoms with Crippen molar-refractivity contribution >= 4 is 23.5 Å². The minimum absolute atomic E-state index is 0.114. The van der Waals surface area contributed by atoms with Gasteiger partial charge in [0, 0.05) is 32.5 Å². The van der Waals surface area contributed by atoms with E-state index >= 15 is 0 Å². The van der Waals surface area contributed by atoms with Crippen LogP contribution in [0.5, 0.6) is 11.5 Å². The molecule has 1 unspecified atom stereocenters. The van der Waals surface area contributed by atoms with E-state index in [-0.39, 0.29) is 11.9 Å². The van der Waals surface area contributed by atoms with Gasteiger partial charge in [-0.1, -0.05) is 18.2 Å². The molecule has 33 heavy (non-hydrogen) atoms. The van der Waals surface area contributed by atoms with Crippen molar-refractivity contribution in [3.63, 3.8) is 0 Å². The van der Waals surface area contributed by atoms with Crippen LogP contribution in [-0.2, 0) is 16.0 Å². The van der Waals surface area contributed by atoms with Crippen LogP contribution in [0.15, 0.2) is 42.5 Å². The molecule has 0 aromatic heterocycles. The highest BCUT2D eigenvalue weighted by Crippen LogP contribution is 2.49. The molecule has 4 amide bonds. The number of benzene rings is 2. The molecule has 3 aliphatic rings. The maximum Gasteiger partial charge on any atom is 0.339 e. The SMILES string of the molecule is COc1cc2c(cc1OC)C1C[C@]3(CCN1CC2)C(=O)N(c1ccccc1)C(=O)N3C(C)=O. The van der Waals surface area contributed by atoms with Crippen LogP contribution in [0, 0.1) is 0 Å². The minimum Gasteiger partial charge on any atom is -0.493 e. The summed E-state index contributed by atoms with van der Waals surface area (Å²) in [5.41, 5.74) is 1.47. The largest absolute Gasteiger partial charge is 0.493 e. The summed E-state index contributed by atoms with van der Waals surface area (Å²) in [4.78, 5) is 44.7. The predicted octanol–water partition coefficient (Wildman–Crippen LogP) is 3.15. The molecule has 0 aliphatic carbocycles. The van der Waals surface area contributed by atoms with E-state index in [1.165, 1.54) is 11.8 Å². The van der Waals surface area contributed by atoms with Crippen molar-refractivity contribution in [2.75, 3.05) is 32.2 Å². The number of rotatable bonds is 3. The molecule has 0 N–H and O–H groups in total. The van der Waals surface area contributed by atoms with E-state index in [9.17, 15) is 14.4 Å². The zero-order valence-electron chi connectivity index (χ0n) is 19.0. The average Bonchev–Trinajstić information content (AvgIpc) is 3.04. The molecule has 2 atom stereocenters. The number of urea groups is 1. The van der Waals surface area contributed by atoms with Crippen molar-refractivity contribution in [1.29, 1.82) is 0 Å². The second-order valence-corrected chi connectivity index (χ2v) is 8.81. The van der Waals surface area contributed by atoms with Crippen LogP contribution in [0.2, 0.25) is 0 Å². The number of piperidine rings is 1. The zero-order chi connectivity index (χ0) is 23.3. The summed E-state index contributed by atoms with van der Waals surface area (Å²) in [7, 11) is 3.21. The Kier molecular flexibility index (Phi) is 5.12. The second kappa shape index (κ2) is 7.88. The third kappa shape index (κ3) is 3.12. The first-order chi connectivity index (χ1) is 15.9. The highest BCUT2D eigenvalue weighted by Gasteiger charge is 2.62. The molecule has 0 saturated carbocycles. The van der Waals surface area contributed by atoms with Crippen molar-refractivity contribution in [3.8, 4) is 11.5 Å². The van der Waals surface area contributed by atoms with Crippen molar-refractivity contribution in [2.45, 2.75) is 37.8 Å². The van der Waals surface area contributed by atoms with Crippen molar-refractivity contribution in [1.82, 2.24) is 9.80 Å². The number of carbonyl (C=O) groups is 3. The fourth-order valence-corrected chi connectivity index (χ4v) is 5.65. The van der Waals surface area contributed by atoms with Gasteiger partial charge >= 0.3 is 6.03 Å². The fraction of sp³-hybridized carbons (Fsp3) is 0.400. The molecule has 2 fully saturated rings. The van der Waals surface area contributed by atoms with Gasteiger partial charge < -0.3 is 9.47 Å². The lowest BCUT2D eigenvalue weighted by molar-refractivity contribution is -0.140. The van der Waals surface area contributed by atoms with Gasteiger partial charge in [-0.15, -0.1) is 0 Å². The average molecular weight is 450 g/mol. The van der Waals surface area contributed by atoms with Crippen molar-refractivity contribution < 1.29 is 23.9 Å². The standard InChI is InChI=1S/C25H27N3O5/c1-16(29)28-24(31)27(18-7-5-4-6-8-18)23(30)25(28)10-12-26-11-9-17-13-21(32-2)22(33-3)14-19(17)20(26)15-25/h4-8,13-14,20H,9-12,15H2,1-3H3/t20?,25-/m1/s1. The normalized spacial score (nSPS) is 24.6. The molecule has 2 aromatic carbocycles. The highest BCUT2D eigenvalue weighted by molar-refractivity contribution is 6.27. The van der Waals surface area contributed by atoms with Gasteiger partial charge in [-0.05, 0) is 48.2 Å². The molecule has 5 rings (SSSR count). The minimum atomic E-state index is -1.21. The van der Waals surface area contributed by atoms with Gasteiger partial charge in [-0.25, -0.2) is 14.6 Å². The Hall–Kier alpha value is -3.39. The Balaban J connectivity index is 1.59. The molecule has 8 nitrogen and oxygen atoms in total. The van der Waals surface area contributed by atoms with E-state index in [4.69, 9.17) is 9.47 Å². The molecule has 0 bridgehead atoms. The number of methoxy groups -OCH3 is 2. The Morgan fingerprint density at radius 2 is 1.73 bits per heavy atom. The van der Waals surface area contributed by atoms with Gasteiger partial charge in [-0.3, -0.25) is 14.5 Å². The monoisotopic (exact) mass is 449 g/mol. The molecule has 3 heterocycles. The molecular formula is C25H27N3O5. The smallest absolute Gasteiger partial charge is 0.339 e. The highest BCUT2D eigenvalue weighted by atomic mass is 16.5. The van der Waals surface area contributed by atoms with E-state index in [0.29, 0.717) is 36.6 Å². The quantitative estimate of drug-likeness (QED) is 0.670. The third-order valence-corrected chi connectivity index (χ3v) is 7.20. The van der Waals surface area contributed by atoms with Crippen LogP contribution in [0.1, 0.15) is 36.9 Å². The number of ether oxygens (including phenoxy) is 2. The van der Waals surface area contributed by atoms with Crippen molar-refractivity contribution in [3.05, 3.63) is 53.6 Å². The number of para-hydroxylation sites is 1. The molecule has 0 radical (unpaired) electrons. The summed E-state index contributed by atoms with van der Waals surface area (Å²) < 4.78 is 11.0. The maximum absolute atomic E-state index is 13.9. The number of fused-ring (bicyclic) bond motifs is 3. The van der Waals surface area contributed by atoms with E-state index in [0.717, 1.165) is 29.0 Å². The number of hydrogen-bond donors (Lipinski definition) is 0. The van der Waals surface area contributed by atoms with Gasteiger partial charge in [0.2, 0.25) is 5.91 Å². The summed E-state index contributed by atoms with van der Waals surface area (Å²) >= 11 is 0. The Labute approximate surface area is 192 Å². The number of hydrogen-bond acceptors (Lipinski definition) is 6. The number of carbonyl (C=O) groups excluding carboxylic acids is 3. The second-order valence-electron chi connectivity index (χ2n) is 8.81. The summed E-state index contributed by atoms with van der Waals surface area (Å²) in [5, 5.41) is 0. The molecule has 8 heteroatoms. The van der Waals surface area contributed by atoms with Crippen LogP contribution in [-0.4, -0.2) is 60.5 Å². The molecule has 1 spiro atoms. The van der Waals surface area contributed by atoms with E-state index < -0.39 is 17.5 Å². The third-order valence-electron chi connectivity index (χ3n) is 7.20. The van der Waals surface area contributed by atoms with Crippen LogP contribution >= 0.6 is 0 Å². The number of imide groups is 2. The van der Waals surface area contributed by atoms with Crippen LogP contribution < -0.4 is 14.4 Å². The van der Waals surface area contributed by atoms with E-state index in [1.54, 1.807) is 38.5 Å². The summed E-state index contributed by atoms with van der Waals surface area (Å²) in [6.45, 7) is 2.81. The predicted molar refractivity (Wildman–Crippen MR) is 121 cm³/mol. The first kappa shape index (κ1) is 21.5. The van der Waals surface area contributed by atoms with Gasteiger partial charge in [0.25, 0.3) is 5.91 Å². The summed E-state index contributed by atoms with van der Waals surface area (Å²) in [5.74, 6) is 0.550. The molecule has 3 aliphatic heterocycles.